The SMILES string of the molecule is B/C(=C/C=C\C)CC. The van der Waals surface area contributed by atoms with Crippen molar-refractivity contribution in [3.05, 3.63) is 23.7 Å². The Morgan fingerprint density at radius 1 is 1.62 bits per heavy atom. The molecule has 0 amide bonds. The van der Waals surface area contributed by atoms with Gasteiger partial charge in [-0.15, -0.1) is 5.47 Å². The van der Waals surface area contributed by atoms with Crippen molar-refractivity contribution in [1.82, 2.24) is 0 Å². The molecule has 1 heteroatoms. The van der Waals surface area contributed by atoms with Gasteiger partial charge in [-0.25, -0.2) is 0 Å². The van der Waals surface area contributed by atoms with E-state index in [-0.39, 0.29) is 0 Å². The van der Waals surface area contributed by atoms with Crippen LogP contribution in [0.2, 0.25) is 0 Å². The lowest BCUT2D eigenvalue weighted by Gasteiger charge is -1.86. The van der Waals surface area contributed by atoms with Gasteiger partial charge in [0.05, 0.1) is 0 Å². The highest BCUT2D eigenvalue weighted by Crippen LogP contribution is 1.92. The summed E-state index contributed by atoms with van der Waals surface area (Å²) in [5.74, 6) is 0. The Hall–Kier alpha value is -0.455. The molecular weight excluding hydrogens is 94.9 g/mol. The van der Waals surface area contributed by atoms with Crippen LogP contribution in [0.3, 0.4) is 0 Å². The highest BCUT2D eigenvalue weighted by atomic mass is 13.7. The van der Waals surface area contributed by atoms with Gasteiger partial charge in [-0.05, 0) is 13.3 Å². The molecule has 0 spiro atoms. The fraction of sp³-hybridized carbons (Fsp3) is 0.429. The van der Waals surface area contributed by atoms with Crippen molar-refractivity contribution in [3.8, 4) is 0 Å². The number of hydrogen-bond acceptors (Lipinski definition) is 0. The monoisotopic (exact) mass is 108 g/mol. The fourth-order valence-corrected chi connectivity index (χ4v) is 0.378. The van der Waals surface area contributed by atoms with E-state index in [0.29, 0.717) is 0 Å². The molecule has 0 aromatic carbocycles. The van der Waals surface area contributed by atoms with Gasteiger partial charge in [-0.2, -0.15) is 0 Å². The third-order valence-corrected chi connectivity index (χ3v) is 1.13. The zero-order chi connectivity index (χ0) is 6.41. The van der Waals surface area contributed by atoms with Crippen molar-refractivity contribution in [2.75, 3.05) is 0 Å². The molecule has 8 heavy (non-hydrogen) atoms. The van der Waals surface area contributed by atoms with Crippen molar-refractivity contribution < 1.29 is 0 Å². The Morgan fingerprint density at radius 3 is 2.62 bits per heavy atom. The average Bonchev–Trinajstić information content (AvgIpc) is 1.83. The molecule has 0 saturated carbocycles. The number of hydrogen-bond donors (Lipinski definition) is 0. The molecular formula is C7H13B. The lowest BCUT2D eigenvalue weighted by Crippen LogP contribution is -1.73. The summed E-state index contributed by atoms with van der Waals surface area (Å²) in [4.78, 5) is 0. The van der Waals surface area contributed by atoms with Crippen LogP contribution in [0.1, 0.15) is 20.3 Å². The van der Waals surface area contributed by atoms with Crippen LogP contribution < -0.4 is 0 Å². The van der Waals surface area contributed by atoms with Gasteiger partial charge in [-0.1, -0.05) is 25.2 Å². The summed E-state index contributed by atoms with van der Waals surface area (Å²) in [7, 11) is 2.14. The Morgan fingerprint density at radius 2 is 2.25 bits per heavy atom. The minimum atomic E-state index is 1.16. The first-order valence-corrected chi connectivity index (χ1v) is 3.09. The molecule has 0 aromatic heterocycles. The average molecular weight is 108 g/mol. The van der Waals surface area contributed by atoms with Gasteiger partial charge in [0, 0.05) is 0 Å². The standard InChI is InChI=1S/C7H13B/c1-3-5-6-7(8)4-2/h3,5-6H,4,8H2,1-2H3/b5-3-,7-6+. The Labute approximate surface area is 52.7 Å². The predicted molar refractivity (Wildman–Crippen MR) is 41.7 cm³/mol. The quantitative estimate of drug-likeness (QED) is 0.371. The van der Waals surface area contributed by atoms with E-state index in [0.717, 1.165) is 6.42 Å². The molecule has 0 heterocycles. The Balaban J connectivity index is 3.57. The molecule has 0 atom stereocenters. The topological polar surface area (TPSA) is 0 Å². The minimum Gasteiger partial charge on any atom is -0.110 e. The van der Waals surface area contributed by atoms with Gasteiger partial charge in [0.2, 0.25) is 0 Å². The van der Waals surface area contributed by atoms with E-state index < -0.39 is 0 Å². The molecule has 0 saturated heterocycles. The molecule has 0 aliphatic carbocycles. The molecule has 44 valence electrons. The maximum Gasteiger partial charge on any atom is 0.133 e. The summed E-state index contributed by atoms with van der Waals surface area (Å²) in [5, 5.41) is 0. The Bertz CT molecular complexity index is 101. The van der Waals surface area contributed by atoms with E-state index in [4.69, 9.17) is 0 Å². The van der Waals surface area contributed by atoms with Crippen LogP contribution in [-0.2, 0) is 0 Å². The summed E-state index contributed by atoms with van der Waals surface area (Å²) in [6.07, 6.45) is 7.41. The summed E-state index contributed by atoms with van der Waals surface area (Å²) in [5.41, 5.74) is 1.43. The van der Waals surface area contributed by atoms with Crippen LogP contribution in [0.4, 0.5) is 0 Å². The van der Waals surface area contributed by atoms with Crippen LogP contribution >= 0.6 is 0 Å². The van der Waals surface area contributed by atoms with Gasteiger partial charge in [0.15, 0.2) is 0 Å². The zero-order valence-electron chi connectivity index (χ0n) is 5.94. The van der Waals surface area contributed by atoms with Gasteiger partial charge in [0.1, 0.15) is 7.85 Å². The maximum atomic E-state index is 2.16. The summed E-state index contributed by atoms with van der Waals surface area (Å²) in [6.45, 7) is 4.19. The molecule has 0 unspecified atom stereocenters. The largest absolute Gasteiger partial charge is 0.133 e. The number of rotatable bonds is 2. The van der Waals surface area contributed by atoms with Crippen molar-refractivity contribution in [2.24, 2.45) is 0 Å². The third-order valence-electron chi connectivity index (χ3n) is 1.13. The van der Waals surface area contributed by atoms with Gasteiger partial charge in [0.25, 0.3) is 0 Å². The predicted octanol–water partition coefficient (Wildman–Crippen LogP) is 1.49. The van der Waals surface area contributed by atoms with Gasteiger partial charge < -0.3 is 0 Å². The van der Waals surface area contributed by atoms with Crippen LogP contribution in [-0.4, -0.2) is 7.85 Å². The molecule has 0 bridgehead atoms. The lowest BCUT2D eigenvalue weighted by molar-refractivity contribution is 1.19. The molecule has 0 N–H and O–H groups in total. The normalized spacial score (nSPS) is 13.0. The second kappa shape index (κ2) is 4.70. The van der Waals surface area contributed by atoms with Crippen LogP contribution in [0.5, 0.6) is 0 Å². The summed E-state index contributed by atoms with van der Waals surface area (Å²) in [6, 6.07) is 0. The van der Waals surface area contributed by atoms with Crippen molar-refractivity contribution in [1.29, 1.82) is 0 Å². The third kappa shape index (κ3) is 3.73. The van der Waals surface area contributed by atoms with E-state index in [1.54, 1.807) is 0 Å². The van der Waals surface area contributed by atoms with E-state index in [2.05, 4.69) is 26.9 Å². The lowest BCUT2D eigenvalue weighted by atomic mass is 9.93. The molecule has 0 radical (unpaired) electrons. The molecule has 0 aliphatic heterocycles. The van der Waals surface area contributed by atoms with Gasteiger partial charge in [-0.3, -0.25) is 0 Å². The second-order valence-corrected chi connectivity index (χ2v) is 1.89. The molecule has 0 aromatic rings. The van der Waals surface area contributed by atoms with Crippen molar-refractivity contribution >= 4 is 7.85 Å². The first-order valence-electron chi connectivity index (χ1n) is 3.09. The van der Waals surface area contributed by atoms with Crippen molar-refractivity contribution in [3.63, 3.8) is 0 Å². The van der Waals surface area contributed by atoms with Crippen molar-refractivity contribution in [2.45, 2.75) is 20.3 Å². The Kier molecular flexibility index (Phi) is 4.43. The molecule has 0 fully saturated rings. The molecule has 0 nitrogen and oxygen atoms in total. The smallest absolute Gasteiger partial charge is 0.110 e. The fourth-order valence-electron chi connectivity index (χ4n) is 0.378. The number of allylic oxidation sites excluding steroid dienone is 4. The maximum absolute atomic E-state index is 2.16. The first-order chi connectivity index (χ1) is 3.81. The van der Waals surface area contributed by atoms with Crippen LogP contribution in [0, 0.1) is 0 Å². The highest BCUT2D eigenvalue weighted by molar-refractivity contribution is 6.21. The van der Waals surface area contributed by atoms with Gasteiger partial charge >= 0.3 is 0 Å². The molecule has 0 aliphatic rings. The first kappa shape index (κ1) is 7.54. The van der Waals surface area contributed by atoms with E-state index >= 15 is 0 Å². The van der Waals surface area contributed by atoms with E-state index in [1.807, 2.05) is 13.0 Å². The minimum absolute atomic E-state index is 1.16. The molecule has 0 rings (SSSR count). The summed E-state index contributed by atoms with van der Waals surface area (Å²) >= 11 is 0. The highest BCUT2D eigenvalue weighted by Gasteiger charge is 1.76. The zero-order valence-corrected chi connectivity index (χ0v) is 5.94. The van der Waals surface area contributed by atoms with E-state index in [1.165, 1.54) is 5.47 Å². The van der Waals surface area contributed by atoms with Crippen LogP contribution in [0.25, 0.3) is 0 Å². The van der Waals surface area contributed by atoms with E-state index in [9.17, 15) is 0 Å². The summed E-state index contributed by atoms with van der Waals surface area (Å²) < 4.78 is 0. The van der Waals surface area contributed by atoms with Crippen LogP contribution in [0.15, 0.2) is 23.7 Å². The second-order valence-electron chi connectivity index (χ2n) is 1.89.